The zero-order valence-corrected chi connectivity index (χ0v) is 13.8. The molecule has 118 valence electrons. The molecule has 1 aliphatic heterocycles. The lowest BCUT2D eigenvalue weighted by molar-refractivity contribution is 0.177. The predicted molar refractivity (Wildman–Crippen MR) is 89.7 cm³/mol. The Morgan fingerprint density at radius 2 is 2.05 bits per heavy atom. The van der Waals surface area contributed by atoms with Gasteiger partial charge in [-0.25, -0.2) is 9.67 Å². The first-order valence-electron chi connectivity index (χ1n) is 7.78. The number of benzene rings is 1. The lowest BCUT2D eigenvalue weighted by atomic mass is 10.0. The highest BCUT2D eigenvalue weighted by molar-refractivity contribution is 6.32. The van der Waals surface area contributed by atoms with E-state index in [-0.39, 0.29) is 0 Å². The lowest BCUT2D eigenvalue weighted by Crippen LogP contribution is -2.42. The standard InChI is InChI=1S/C16H22ClN5/c1-12(2)21-7-5-13(6-8-21)20-14-3-4-16(15(17)9-14)22-11-18-10-19-22/h3-4,9-13,20H,5-8H2,1-2H3. The van der Waals surface area contributed by atoms with E-state index in [0.717, 1.165) is 24.5 Å². The minimum Gasteiger partial charge on any atom is -0.382 e. The van der Waals surface area contributed by atoms with Gasteiger partial charge < -0.3 is 10.2 Å². The summed E-state index contributed by atoms with van der Waals surface area (Å²) in [7, 11) is 0. The molecule has 0 atom stereocenters. The van der Waals surface area contributed by atoms with Gasteiger partial charge >= 0.3 is 0 Å². The molecule has 1 aromatic carbocycles. The van der Waals surface area contributed by atoms with Crippen molar-refractivity contribution in [1.29, 1.82) is 0 Å². The third-order valence-corrected chi connectivity index (χ3v) is 4.55. The highest BCUT2D eigenvalue weighted by Gasteiger charge is 2.20. The summed E-state index contributed by atoms with van der Waals surface area (Å²) in [4.78, 5) is 6.48. The van der Waals surface area contributed by atoms with E-state index < -0.39 is 0 Å². The summed E-state index contributed by atoms with van der Waals surface area (Å²) in [6.07, 6.45) is 5.49. The van der Waals surface area contributed by atoms with E-state index >= 15 is 0 Å². The molecular weight excluding hydrogens is 298 g/mol. The van der Waals surface area contributed by atoms with Crippen molar-refractivity contribution in [2.75, 3.05) is 18.4 Å². The van der Waals surface area contributed by atoms with Crippen molar-refractivity contribution in [3.05, 3.63) is 35.9 Å². The molecule has 0 spiro atoms. The van der Waals surface area contributed by atoms with Gasteiger partial charge in [-0.15, -0.1) is 0 Å². The molecule has 1 fully saturated rings. The maximum absolute atomic E-state index is 6.37. The third kappa shape index (κ3) is 3.42. The summed E-state index contributed by atoms with van der Waals surface area (Å²) in [6.45, 7) is 6.83. The zero-order chi connectivity index (χ0) is 15.5. The number of piperidine rings is 1. The maximum Gasteiger partial charge on any atom is 0.138 e. The normalized spacial score (nSPS) is 17.1. The molecule has 0 aliphatic carbocycles. The number of hydrogen-bond donors (Lipinski definition) is 1. The van der Waals surface area contributed by atoms with Gasteiger partial charge in [-0.1, -0.05) is 11.6 Å². The average molecular weight is 320 g/mol. The van der Waals surface area contributed by atoms with E-state index in [1.165, 1.54) is 19.2 Å². The van der Waals surface area contributed by atoms with Crippen LogP contribution in [0.15, 0.2) is 30.9 Å². The molecule has 2 aromatic rings. The van der Waals surface area contributed by atoms with Gasteiger partial charge in [0.2, 0.25) is 0 Å². The Bertz CT molecular complexity index is 603. The van der Waals surface area contributed by atoms with Crippen molar-refractivity contribution in [3.63, 3.8) is 0 Å². The van der Waals surface area contributed by atoms with Crippen LogP contribution in [-0.2, 0) is 0 Å². The van der Waals surface area contributed by atoms with Crippen molar-refractivity contribution in [2.24, 2.45) is 0 Å². The minimum atomic E-state index is 0.517. The number of nitrogens with one attached hydrogen (secondary N) is 1. The van der Waals surface area contributed by atoms with Gasteiger partial charge in [0.15, 0.2) is 0 Å². The van der Waals surface area contributed by atoms with Gasteiger partial charge in [-0.3, -0.25) is 0 Å². The Balaban J connectivity index is 1.63. The Hall–Kier alpha value is -1.59. The molecule has 1 aliphatic rings. The number of aromatic nitrogens is 3. The Morgan fingerprint density at radius 3 is 2.64 bits per heavy atom. The first-order valence-corrected chi connectivity index (χ1v) is 8.16. The van der Waals surface area contributed by atoms with Crippen LogP contribution in [-0.4, -0.2) is 44.8 Å². The Labute approximate surface area is 136 Å². The molecule has 1 saturated heterocycles. The number of likely N-dealkylation sites (tertiary alicyclic amines) is 1. The first-order chi connectivity index (χ1) is 10.6. The minimum absolute atomic E-state index is 0.517. The molecule has 2 heterocycles. The van der Waals surface area contributed by atoms with Crippen molar-refractivity contribution in [1.82, 2.24) is 19.7 Å². The molecule has 0 unspecified atom stereocenters. The van der Waals surface area contributed by atoms with E-state index in [2.05, 4.69) is 40.2 Å². The molecule has 22 heavy (non-hydrogen) atoms. The highest BCUT2D eigenvalue weighted by atomic mass is 35.5. The van der Waals surface area contributed by atoms with Crippen molar-refractivity contribution >= 4 is 17.3 Å². The maximum atomic E-state index is 6.37. The molecule has 0 saturated carbocycles. The van der Waals surface area contributed by atoms with Crippen LogP contribution < -0.4 is 5.32 Å². The van der Waals surface area contributed by atoms with Crippen LogP contribution in [0.4, 0.5) is 5.69 Å². The van der Waals surface area contributed by atoms with Crippen LogP contribution in [0, 0.1) is 0 Å². The zero-order valence-electron chi connectivity index (χ0n) is 13.0. The molecule has 3 rings (SSSR count). The molecule has 0 radical (unpaired) electrons. The Kier molecular flexibility index (Phi) is 4.64. The van der Waals surface area contributed by atoms with Crippen LogP contribution in [0.3, 0.4) is 0 Å². The van der Waals surface area contributed by atoms with Gasteiger partial charge in [0.1, 0.15) is 12.7 Å². The summed E-state index contributed by atoms with van der Waals surface area (Å²) >= 11 is 6.37. The van der Waals surface area contributed by atoms with E-state index in [1.807, 2.05) is 12.1 Å². The second-order valence-corrected chi connectivity index (χ2v) is 6.46. The fourth-order valence-electron chi connectivity index (χ4n) is 2.91. The van der Waals surface area contributed by atoms with Gasteiger partial charge in [0.05, 0.1) is 10.7 Å². The van der Waals surface area contributed by atoms with Crippen LogP contribution in [0.5, 0.6) is 0 Å². The molecule has 5 nitrogen and oxygen atoms in total. The summed E-state index contributed by atoms with van der Waals surface area (Å²) in [5.41, 5.74) is 1.91. The van der Waals surface area contributed by atoms with Gasteiger partial charge in [0, 0.05) is 30.9 Å². The number of nitrogens with zero attached hydrogens (tertiary/aromatic N) is 4. The summed E-state index contributed by atoms with van der Waals surface area (Å²) in [5.74, 6) is 0. The number of rotatable bonds is 4. The van der Waals surface area contributed by atoms with Crippen LogP contribution >= 0.6 is 11.6 Å². The largest absolute Gasteiger partial charge is 0.382 e. The smallest absolute Gasteiger partial charge is 0.138 e. The first kappa shape index (κ1) is 15.3. The van der Waals surface area contributed by atoms with E-state index in [1.54, 1.807) is 11.0 Å². The van der Waals surface area contributed by atoms with E-state index in [9.17, 15) is 0 Å². The van der Waals surface area contributed by atoms with Crippen LogP contribution in [0.2, 0.25) is 5.02 Å². The second kappa shape index (κ2) is 6.67. The van der Waals surface area contributed by atoms with Crippen LogP contribution in [0.1, 0.15) is 26.7 Å². The van der Waals surface area contributed by atoms with Crippen molar-refractivity contribution in [2.45, 2.75) is 38.8 Å². The molecule has 6 heteroatoms. The monoisotopic (exact) mass is 319 g/mol. The highest BCUT2D eigenvalue weighted by Crippen LogP contribution is 2.25. The van der Waals surface area contributed by atoms with Gasteiger partial charge in [-0.2, -0.15) is 5.10 Å². The second-order valence-electron chi connectivity index (χ2n) is 6.05. The Morgan fingerprint density at radius 1 is 1.27 bits per heavy atom. The van der Waals surface area contributed by atoms with E-state index in [0.29, 0.717) is 17.1 Å². The summed E-state index contributed by atoms with van der Waals surface area (Å²) < 4.78 is 1.67. The van der Waals surface area contributed by atoms with Crippen molar-refractivity contribution < 1.29 is 0 Å². The van der Waals surface area contributed by atoms with E-state index in [4.69, 9.17) is 11.6 Å². The van der Waals surface area contributed by atoms with Crippen molar-refractivity contribution in [3.8, 4) is 5.69 Å². The molecule has 1 aromatic heterocycles. The lowest BCUT2D eigenvalue weighted by Gasteiger charge is -2.35. The molecule has 1 N–H and O–H groups in total. The topological polar surface area (TPSA) is 46.0 Å². The number of hydrogen-bond acceptors (Lipinski definition) is 4. The molecule has 0 bridgehead atoms. The van der Waals surface area contributed by atoms with Gasteiger partial charge in [0.25, 0.3) is 0 Å². The fraction of sp³-hybridized carbons (Fsp3) is 0.500. The quantitative estimate of drug-likeness (QED) is 0.940. The summed E-state index contributed by atoms with van der Waals surface area (Å²) in [6, 6.07) is 7.15. The number of halogens is 1. The molecule has 0 amide bonds. The average Bonchev–Trinajstić information content (AvgIpc) is 3.02. The summed E-state index contributed by atoms with van der Waals surface area (Å²) in [5, 5.41) is 8.39. The number of anilines is 1. The third-order valence-electron chi connectivity index (χ3n) is 4.24. The predicted octanol–water partition coefficient (Wildman–Crippen LogP) is 3.21. The molecular formula is C16H22ClN5. The van der Waals surface area contributed by atoms with Gasteiger partial charge in [-0.05, 0) is 44.9 Å². The SMILES string of the molecule is CC(C)N1CCC(Nc2ccc(-n3cncn3)c(Cl)c2)CC1. The fourth-order valence-corrected chi connectivity index (χ4v) is 3.18. The van der Waals surface area contributed by atoms with Crippen LogP contribution in [0.25, 0.3) is 5.69 Å².